The van der Waals surface area contributed by atoms with Crippen LogP contribution in [0.25, 0.3) is 0 Å². The number of guanidine groups is 1. The number of hydrogen-bond donors (Lipinski definition) is 2. The highest BCUT2D eigenvalue weighted by Crippen LogP contribution is 2.20. The highest BCUT2D eigenvalue weighted by molar-refractivity contribution is 14.0. The molecule has 1 aliphatic rings. The molecule has 0 aromatic rings. The Bertz CT molecular complexity index is 241. The van der Waals surface area contributed by atoms with Crippen molar-refractivity contribution in [1.82, 2.24) is 5.32 Å². The SMILES string of the molecule is CC(C)CCNC(N)=NCCCOC1CCCC1.I. The Kier molecular flexibility index (Phi) is 11.7. The quantitative estimate of drug-likeness (QED) is 0.293. The molecule has 1 saturated carbocycles. The first-order valence-electron chi connectivity index (χ1n) is 7.34. The van der Waals surface area contributed by atoms with Crippen LogP contribution in [0, 0.1) is 5.92 Å². The zero-order valence-corrected chi connectivity index (χ0v) is 14.7. The Morgan fingerprint density at radius 2 is 2.05 bits per heavy atom. The molecule has 0 saturated heterocycles. The molecule has 0 heterocycles. The number of aliphatic imine (C=N–C) groups is 1. The lowest BCUT2D eigenvalue weighted by Crippen LogP contribution is -2.33. The number of nitrogens with zero attached hydrogens (tertiary/aromatic N) is 1. The number of halogens is 1. The number of ether oxygens (including phenoxy) is 1. The molecule has 5 heteroatoms. The predicted molar refractivity (Wildman–Crippen MR) is 92.2 cm³/mol. The van der Waals surface area contributed by atoms with E-state index in [1.807, 2.05) is 0 Å². The van der Waals surface area contributed by atoms with Crippen molar-refractivity contribution in [2.75, 3.05) is 19.7 Å². The van der Waals surface area contributed by atoms with Gasteiger partial charge in [0.25, 0.3) is 0 Å². The van der Waals surface area contributed by atoms with Gasteiger partial charge in [-0.3, -0.25) is 4.99 Å². The molecule has 114 valence electrons. The number of hydrogen-bond acceptors (Lipinski definition) is 2. The number of nitrogens with two attached hydrogens (primary N) is 1. The molecule has 1 aliphatic carbocycles. The van der Waals surface area contributed by atoms with Gasteiger partial charge in [0, 0.05) is 19.7 Å². The molecule has 1 rings (SSSR count). The third-order valence-electron chi connectivity index (χ3n) is 3.27. The minimum absolute atomic E-state index is 0. The Labute approximate surface area is 135 Å². The highest BCUT2D eigenvalue weighted by Gasteiger charge is 2.14. The van der Waals surface area contributed by atoms with Crippen LogP contribution < -0.4 is 11.1 Å². The molecule has 0 unspecified atom stereocenters. The molecule has 19 heavy (non-hydrogen) atoms. The lowest BCUT2D eigenvalue weighted by atomic mass is 10.1. The third kappa shape index (κ3) is 10.4. The Hall–Kier alpha value is -0.0400. The first-order valence-corrected chi connectivity index (χ1v) is 7.34. The molecule has 0 aliphatic heterocycles. The maximum absolute atomic E-state index is 5.77. The van der Waals surface area contributed by atoms with Crippen LogP contribution in [0.2, 0.25) is 0 Å². The second-order valence-electron chi connectivity index (χ2n) is 5.51. The normalized spacial score (nSPS) is 16.7. The largest absolute Gasteiger partial charge is 0.378 e. The molecule has 0 radical (unpaired) electrons. The summed E-state index contributed by atoms with van der Waals surface area (Å²) in [6.45, 7) is 6.89. The van der Waals surface area contributed by atoms with E-state index in [9.17, 15) is 0 Å². The predicted octanol–water partition coefficient (Wildman–Crippen LogP) is 2.90. The van der Waals surface area contributed by atoms with E-state index in [1.165, 1.54) is 25.7 Å². The molecule has 0 aromatic carbocycles. The highest BCUT2D eigenvalue weighted by atomic mass is 127. The maximum atomic E-state index is 5.77. The minimum atomic E-state index is 0. The van der Waals surface area contributed by atoms with Gasteiger partial charge in [-0.2, -0.15) is 0 Å². The molecule has 4 nitrogen and oxygen atoms in total. The van der Waals surface area contributed by atoms with E-state index in [0.29, 0.717) is 18.0 Å². The van der Waals surface area contributed by atoms with Gasteiger partial charge >= 0.3 is 0 Å². The Morgan fingerprint density at radius 3 is 2.68 bits per heavy atom. The lowest BCUT2D eigenvalue weighted by molar-refractivity contribution is 0.0579. The first-order chi connectivity index (χ1) is 8.68. The van der Waals surface area contributed by atoms with Crippen LogP contribution in [0.4, 0.5) is 0 Å². The van der Waals surface area contributed by atoms with Gasteiger partial charge in [-0.25, -0.2) is 0 Å². The van der Waals surface area contributed by atoms with Crippen LogP contribution in [0.15, 0.2) is 4.99 Å². The second-order valence-corrected chi connectivity index (χ2v) is 5.51. The van der Waals surface area contributed by atoms with Crippen molar-refractivity contribution >= 4 is 29.9 Å². The number of nitrogens with one attached hydrogen (secondary N) is 1. The van der Waals surface area contributed by atoms with E-state index in [1.54, 1.807) is 0 Å². The summed E-state index contributed by atoms with van der Waals surface area (Å²) < 4.78 is 5.77. The van der Waals surface area contributed by atoms with Crippen molar-refractivity contribution < 1.29 is 4.74 Å². The van der Waals surface area contributed by atoms with E-state index in [-0.39, 0.29) is 24.0 Å². The van der Waals surface area contributed by atoms with E-state index < -0.39 is 0 Å². The number of rotatable bonds is 8. The van der Waals surface area contributed by atoms with Gasteiger partial charge in [-0.15, -0.1) is 24.0 Å². The van der Waals surface area contributed by atoms with E-state index in [2.05, 4.69) is 24.2 Å². The topological polar surface area (TPSA) is 59.6 Å². The van der Waals surface area contributed by atoms with Gasteiger partial charge in [-0.1, -0.05) is 26.7 Å². The standard InChI is InChI=1S/C14H29N3O.HI/c1-12(2)8-10-17-14(15)16-9-5-11-18-13-6-3-4-7-13;/h12-13H,3-11H2,1-2H3,(H3,15,16,17);1H. The van der Waals surface area contributed by atoms with Crippen LogP contribution >= 0.6 is 24.0 Å². The molecule has 0 bridgehead atoms. The van der Waals surface area contributed by atoms with Crippen molar-refractivity contribution in [3.8, 4) is 0 Å². The van der Waals surface area contributed by atoms with Crippen molar-refractivity contribution in [3.63, 3.8) is 0 Å². The Morgan fingerprint density at radius 1 is 1.37 bits per heavy atom. The summed E-state index contributed by atoms with van der Waals surface area (Å²) in [6, 6.07) is 0. The fraction of sp³-hybridized carbons (Fsp3) is 0.929. The lowest BCUT2D eigenvalue weighted by Gasteiger charge is -2.10. The van der Waals surface area contributed by atoms with Gasteiger partial charge in [0.1, 0.15) is 0 Å². The minimum Gasteiger partial charge on any atom is -0.378 e. The smallest absolute Gasteiger partial charge is 0.188 e. The van der Waals surface area contributed by atoms with Crippen molar-refractivity contribution in [2.24, 2.45) is 16.6 Å². The summed E-state index contributed by atoms with van der Waals surface area (Å²) in [6.07, 6.45) is 7.73. The summed E-state index contributed by atoms with van der Waals surface area (Å²) in [5.74, 6) is 1.27. The van der Waals surface area contributed by atoms with Gasteiger partial charge in [-0.05, 0) is 31.6 Å². The molecular formula is C14H30IN3O. The summed E-state index contributed by atoms with van der Waals surface area (Å²) in [7, 11) is 0. The summed E-state index contributed by atoms with van der Waals surface area (Å²) >= 11 is 0. The molecule has 3 N–H and O–H groups in total. The molecule has 0 atom stereocenters. The van der Waals surface area contributed by atoms with E-state index in [0.717, 1.165) is 32.5 Å². The Balaban J connectivity index is 0.00000324. The summed E-state index contributed by atoms with van der Waals surface area (Å²) in [5, 5.41) is 3.13. The molecule has 0 amide bonds. The van der Waals surface area contributed by atoms with Gasteiger partial charge < -0.3 is 15.8 Å². The van der Waals surface area contributed by atoms with Crippen molar-refractivity contribution in [3.05, 3.63) is 0 Å². The van der Waals surface area contributed by atoms with Crippen LogP contribution in [-0.2, 0) is 4.74 Å². The zero-order valence-electron chi connectivity index (χ0n) is 12.4. The van der Waals surface area contributed by atoms with E-state index in [4.69, 9.17) is 10.5 Å². The van der Waals surface area contributed by atoms with Gasteiger partial charge in [0.15, 0.2) is 5.96 Å². The summed E-state index contributed by atoms with van der Waals surface area (Å²) in [5.41, 5.74) is 5.76. The van der Waals surface area contributed by atoms with Crippen LogP contribution in [0.3, 0.4) is 0 Å². The zero-order chi connectivity index (χ0) is 13.2. The summed E-state index contributed by atoms with van der Waals surface area (Å²) in [4.78, 5) is 4.29. The van der Waals surface area contributed by atoms with Crippen LogP contribution in [-0.4, -0.2) is 31.8 Å². The van der Waals surface area contributed by atoms with Crippen LogP contribution in [0.1, 0.15) is 52.4 Å². The average Bonchev–Trinajstić information content (AvgIpc) is 2.81. The van der Waals surface area contributed by atoms with Crippen LogP contribution in [0.5, 0.6) is 0 Å². The van der Waals surface area contributed by atoms with Crippen molar-refractivity contribution in [2.45, 2.75) is 58.5 Å². The second kappa shape index (κ2) is 11.8. The fourth-order valence-electron chi connectivity index (χ4n) is 2.11. The molecular weight excluding hydrogens is 353 g/mol. The van der Waals surface area contributed by atoms with Crippen molar-refractivity contribution in [1.29, 1.82) is 0 Å². The maximum Gasteiger partial charge on any atom is 0.188 e. The third-order valence-corrected chi connectivity index (χ3v) is 3.27. The molecule has 1 fully saturated rings. The van der Waals surface area contributed by atoms with E-state index >= 15 is 0 Å². The van der Waals surface area contributed by atoms with Gasteiger partial charge in [0.2, 0.25) is 0 Å². The van der Waals surface area contributed by atoms with Gasteiger partial charge in [0.05, 0.1) is 6.10 Å². The fourth-order valence-corrected chi connectivity index (χ4v) is 2.11. The molecule has 0 aromatic heterocycles. The first kappa shape index (κ1) is 19.0. The monoisotopic (exact) mass is 383 g/mol. The average molecular weight is 383 g/mol. The molecule has 0 spiro atoms.